The Morgan fingerprint density at radius 1 is 1.16 bits per heavy atom. The second kappa shape index (κ2) is 9.02. The number of likely N-dealkylation sites (tertiary alicyclic amines) is 1. The number of piperidine rings is 1. The highest BCUT2D eigenvalue weighted by Crippen LogP contribution is 2.23. The highest BCUT2D eigenvalue weighted by Gasteiger charge is 2.43. The van der Waals surface area contributed by atoms with Gasteiger partial charge in [-0.25, -0.2) is 0 Å². The zero-order valence-corrected chi connectivity index (χ0v) is 14.4. The minimum atomic E-state index is -4.85. The van der Waals surface area contributed by atoms with Crippen molar-refractivity contribution in [2.24, 2.45) is 17.6 Å². The van der Waals surface area contributed by atoms with Gasteiger partial charge in [0.15, 0.2) is 0 Å². The van der Waals surface area contributed by atoms with E-state index in [-0.39, 0.29) is 31.5 Å². The van der Waals surface area contributed by atoms with Gasteiger partial charge in [0.1, 0.15) is 0 Å². The zero-order chi connectivity index (χ0) is 19.2. The van der Waals surface area contributed by atoms with Crippen molar-refractivity contribution >= 4 is 17.7 Å². The van der Waals surface area contributed by atoms with E-state index in [1.807, 2.05) is 0 Å². The minimum absolute atomic E-state index is 0.00476. The Labute approximate surface area is 144 Å². The van der Waals surface area contributed by atoms with E-state index >= 15 is 0 Å². The van der Waals surface area contributed by atoms with Crippen molar-refractivity contribution in [1.82, 2.24) is 15.5 Å². The van der Waals surface area contributed by atoms with Crippen molar-refractivity contribution in [1.29, 1.82) is 0 Å². The average Bonchev–Trinajstić information content (AvgIpc) is 2.55. The summed E-state index contributed by atoms with van der Waals surface area (Å²) in [6.45, 7) is 3.70. The second-order valence-electron chi connectivity index (χ2n) is 6.53. The first-order chi connectivity index (χ1) is 11.5. The second-order valence-corrected chi connectivity index (χ2v) is 6.53. The minimum Gasteiger partial charge on any atom is -0.354 e. The fourth-order valence-corrected chi connectivity index (χ4v) is 2.43. The van der Waals surface area contributed by atoms with Crippen LogP contribution < -0.4 is 16.4 Å². The number of carbonyl (C=O) groups excluding carboxylic acids is 3. The monoisotopic (exact) mass is 366 g/mol. The summed E-state index contributed by atoms with van der Waals surface area (Å²) in [6.07, 6.45) is -4.09. The molecule has 7 nitrogen and oxygen atoms in total. The Morgan fingerprint density at radius 3 is 2.20 bits per heavy atom. The molecule has 0 saturated carbocycles. The van der Waals surface area contributed by atoms with Crippen molar-refractivity contribution in [3.05, 3.63) is 0 Å². The number of nitrogens with one attached hydrogen (secondary N) is 2. The van der Waals surface area contributed by atoms with Crippen LogP contribution in [0.25, 0.3) is 0 Å². The number of hydrogen-bond donors (Lipinski definition) is 3. The van der Waals surface area contributed by atoms with Gasteiger partial charge in [-0.15, -0.1) is 0 Å². The van der Waals surface area contributed by atoms with E-state index in [1.165, 1.54) is 0 Å². The Bertz CT molecular complexity index is 489. The van der Waals surface area contributed by atoms with Crippen LogP contribution in [0.3, 0.4) is 0 Å². The first-order valence-electron chi connectivity index (χ1n) is 8.18. The standard InChI is InChI=1S/C15H25F3N4O3/c1-9(2)12(19)13(24)21-8-11(23)20-7-10-3-5-22(6-4-10)14(25)15(16,17)18/h9-10,12H,3-8,19H2,1-2H3,(H,20,23)(H,21,24)/t12-/m0/s1. The Hall–Kier alpha value is -1.84. The van der Waals surface area contributed by atoms with Crippen LogP contribution in [-0.2, 0) is 14.4 Å². The predicted octanol–water partition coefficient (Wildman–Crippen LogP) is 0.00300. The molecule has 3 amide bonds. The molecule has 0 aromatic heterocycles. The lowest BCUT2D eigenvalue weighted by molar-refractivity contribution is -0.186. The number of halogens is 3. The molecule has 1 saturated heterocycles. The molecule has 25 heavy (non-hydrogen) atoms. The fourth-order valence-electron chi connectivity index (χ4n) is 2.43. The molecule has 0 unspecified atom stereocenters. The molecule has 0 spiro atoms. The van der Waals surface area contributed by atoms with Crippen LogP contribution in [-0.4, -0.2) is 61.0 Å². The number of alkyl halides is 3. The van der Waals surface area contributed by atoms with Crippen LogP contribution >= 0.6 is 0 Å². The average molecular weight is 366 g/mol. The van der Waals surface area contributed by atoms with Crippen molar-refractivity contribution in [2.45, 2.75) is 38.9 Å². The maximum atomic E-state index is 12.3. The van der Waals surface area contributed by atoms with Gasteiger partial charge in [0, 0.05) is 19.6 Å². The summed E-state index contributed by atoms with van der Waals surface area (Å²) >= 11 is 0. The number of rotatable bonds is 6. The van der Waals surface area contributed by atoms with Gasteiger partial charge in [0.05, 0.1) is 12.6 Å². The highest BCUT2D eigenvalue weighted by molar-refractivity contribution is 5.87. The van der Waals surface area contributed by atoms with E-state index in [0.29, 0.717) is 19.4 Å². The van der Waals surface area contributed by atoms with Gasteiger partial charge in [-0.1, -0.05) is 13.8 Å². The molecule has 10 heteroatoms. The summed E-state index contributed by atoms with van der Waals surface area (Å²) in [5.41, 5.74) is 5.65. The van der Waals surface area contributed by atoms with E-state index in [2.05, 4.69) is 10.6 Å². The zero-order valence-electron chi connectivity index (χ0n) is 14.4. The van der Waals surface area contributed by atoms with Gasteiger partial charge in [0.2, 0.25) is 11.8 Å². The summed E-state index contributed by atoms with van der Waals surface area (Å²) in [4.78, 5) is 35.2. The van der Waals surface area contributed by atoms with Crippen molar-refractivity contribution < 1.29 is 27.6 Å². The van der Waals surface area contributed by atoms with Crippen LogP contribution in [0.15, 0.2) is 0 Å². The third-order valence-electron chi connectivity index (χ3n) is 4.18. The molecule has 1 aliphatic heterocycles. The van der Waals surface area contributed by atoms with Gasteiger partial charge in [-0.05, 0) is 24.7 Å². The topological polar surface area (TPSA) is 105 Å². The molecule has 0 aromatic carbocycles. The van der Waals surface area contributed by atoms with Crippen LogP contribution in [0.4, 0.5) is 13.2 Å². The van der Waals surface area contributed by atoms with Crippen molar-refractivity contribution in [3.8, 4) is 0 Å². The molecule has 1 rings (SSSR count). The lowest BCUT2D eigenvalue weighted by Crippen LogP contribution is -2.48. The number of nitrogens with zero attached hydrogens (tertiary/aromatic N) is 1. The normalized spacial score (nSPS) is 17.3. The quantitative estimate of drug-likeness (QED) is 0.616. The summed E-state index contributed by atoms with van der Waals surface area (Å²) in [7, 11) is 0. The van der Waals surface area contributed by atoms with Crippen molar-refractivity contribution in [2.75, 3.05) is 26.2 Å². The molecule has 0 radical (unpaired) electrons. The Kier molecular flexibility index (Phi) is 7.65. The number of hydrogen-bond acceptors (Lipinski definition) is 4. The summed E-state index contributed by atoms with van der Waals surface area (Å²) in [6, 6.07) is -0.691. The van der Waals surface area contributed by atoms with Crippen molar-refractivity contribution in [3.63, 3.8) is 0 Å². The molecule has 1 fully saturated rings. The third-order valence-corrected chi connectivity index (χ3v) is 4.18. The third kappa shape index (κ3) is 6.89. The van der Waals surface area contributed by atoms with Gasteiger partial charge >= 0.3 is 12.1 Å². The van der Waals surface area contributed by atoms with Gasteiger partial charge in [-0.3, -0.25) is 14.4 Å². The smallest absolute Gasteiger partial charge is 0.354 e. The molecular weight excluding hydrogens is 341 g/mol. The highest BCUT2D eigenvalue weighted by atomic mass is 19.4. The molecule has 1 atom stereocenters. The molecule has 1 heterocycles. The molecule has 144 valence electrons. The first-order valence-corrected chi connectivity index (χ1v) is 8.18. The van der Waals surface area contributed by atoms with Crippen LogP contribution in [0.2, 0.25) is 0 Å². The predicted molar refractivity (Wildman–Crippen MR) is 84.2 cm³/mol. The van der Waals surface area contributed by atoms with E-state index in [4.69, 9.17) is 5.73 Å². The Morgan fingerprint density at radius 2 is 1.72 bits per heavy atom. The van der Waals surface area contributed by atoms with Crippen LogP contribution in [0.5, 0.6) is 0 Å². The summed E-state index contributed by atoms with van der Waals surface area (Å²) in [5.74, 6) is -2.68. The first kappa shape index (κ1) is 21.2. The van der Waals surface area contributed by atoms with E-state index in [0.717, 1.165) is 4.90 Å². The maximum Gasteiger partial charge on any atom is 0.471 e. The maximum absolute atomic E-state index is 12.3. The van der Waals surface area contributed by atoms with E-state index in [1.54, 1.807) is 13.8 Å². The summed E-state index contributed by atoms with van der Waals surface area (Å²) in [5, 5.41) is 5.07. The number of carbonyl (C=O) groups is 3. The molecule has 0 aromatic rings. The molecule has 0 aliphatic carbocycles. The van der Waals surface area contributed by atoms with E-state index < -0.39 is 29.9 Å². The number of amides is 3. The molecule has 0 bridgehead atoms. The van der Waals surface area contributed by atoms with Gasteiger partial charge in [-0.2, -0.15) is 13.2 Å². The molecule has 1 aliphatic rings. The fraction of sp³-hybridized carbons (Fsp3) is 0.800. The SMILES string of the molecule is CC(C)[C@H](N)C(=O)NCC(=O)NCC1CCN(C(=O)C(F)(F)F)CC1. The van der Waals surface area contributed by atoms with Gasteiger partial charge < -0.3 is 21.3 Å². The molecular formula is C15H25F3N4O3. The largest absolute Gasteiger partial charge is 0.471 e. The lowest BCUT2D eigenvalue weighted by atomic mass is 9.96. The van der Waals surface area contributed by atoms with Gasteiger partial charge in [0.25, 0.3) is 0 Å². The van der Waals surface area contributed by atoms with E-state index in [9.17, 15) is 27.6 Å². The molecule has 4 N–H and O–H groups in total. The number of nitrogens with two attached hydrogens (primary N) is 1. The Balaban J connectivity index is 2.26. The van der Waals surface area contributed by atoms with Crippen LogP contribution in [0, 0.1) is 11.8 Å². The summed E-state index contributed by atoms with van der Waals surface area (Å²) < 4.78 is 37.0. The lowest BCUT2D eigenvalue weighted by Gasteiger charge is -2.32. The van der Waals surface area contributed by atoms with Crippen LogP contribution in [0.1, 0.15) is 26.7 Å².